The number of rotatable bonds is 1. The molecular formula is C22H34O3. The Morgan fingerprint density at radius 2 is 1.80 bits per heavy atom. The van der Waals surface area contributed by atoms with E-state index in [4.69, 9.17) is 9.47 Å². The summed E-state index contributed by atoms with van der Waals surface area (Å²) in [5.41, 5.74) is 2.57. The van der Waals surface area contributed by atoms with E-state index < -0.39 is 5.79 Å². The van der Waals surface area contributed by atoms with E-state index in [-0.39, 0.29) is 17.1 Å². The van der Waals surface area contributed by atoms with Gasteiger partial charge in [-0.1, -0.05) is 26.3 Å². The topological polar surface area (TPSA) is 35.5 Å². The molecule has 0 aromatic heterocycles. The number of hydrogen-bond donors (Lipinski definition) is 0. The van der Waals surface area contributed by atoms with Crippen molar-refractivity contribution in [1.82, 2.24) is 0 Å². The lowest BCUT2D eigenvalue weighted by Crippen LogP contribution is -2.58. The second kappa shape index (κ2) is 5.42. The van der Waals surface area contributed by atoms with Gasteiger partial charge < -0.3 is 9.47 Å². The summed E-state index contributed by atoms with van der Waals surface area (Å²) in [5, 5.41) is 0. The number of ketones is 1. The highest BCUT2D eigenvalue weighted by molar-refractivity contribution is 5.96. The third kappa shape index (κ3) is 2.34. The van der Waals surface area contributed by atoms with Gasteiger partial charge in [-0.3, -0.25) is 4.79 Å². The minimum absolute atomic E-state index is 0.137. The van der Waals surface area contributed by atoms with Gasteiger partial charge in [0.15, 0.2) is 11.6 Å². The number of hydrogen-bond acceptors (Lipinski definition) is 3. The van der Waals surface area contributed by atoms with Crippen molar-refractivity contribution in [2.24, 2.45) is 23.2 Å². The van der Waals surface area contributed by atoms with E-state index in [1.165, 1.54) is 12.0 Å². The van der Waals surface area contributed by atoms with Crippen LogP contribution >= 0.6 is 0 Å². The van der Waals surface area contributed by atoms with Gasteiger partial charge in [0.05, 0.1) is 6.10 Å². The molecule has 1 aliphatic heterocycles. The first-order valence-corrected chi connectivity index (χ1v) is 10.2. The van der Waals surface area contributed by atoms with Crippen molar-refractivity contribution < 1.29 is 14.3 Å². The van der Waals surface area contributed by atoms with Crippen molar-refractivity contribution in [3.8, 4) is 0 Å². The predicted molar refractivity (Wildman–Crippen MR) is 98.1 cm³/mol. The number of carbonyl (C=O) groups is 1. The van der Waals surface area contributed by atoms with Crippen LogP contribution in [0.1, 0.15) is 80.1 Å². The van der Waals surface area contributed by atoms with Gasteiger partial charge in [0.2, 0.25) is 0 Å². The van der Waals surface area contributed by atoms with E-state index in [2.05, 4.69) is 41.5 Å². The van der Waals surface area contributed by atoms with Crippen molar-refractivity contribution in [2.45, 2.75) is 97.6 Å². The molecule has 0 amide bonds. The maximum absolute atomic E-state index is 12.3. The summed E-state index contributed by atoms with van der Waals surface area (Å²) in [4.78, 5) is 12.3. The van der Waals surface area contributed by atoms with E-state index in [0.29, 0.717) is 23.5 Å². The van der Waals surface area contributed by atoms with Crippen LogP contribution in [-0.4, -0.2) is 23.3 Å². The normalized spacial score (nSPS) is 46.0. The quantitative estimate of drug-likeness (QED) is 0.667. The van der Waals surface area contributed by atoms with Gasteiger partial charge in [0.25, 0.3) is 0 Å². The molecule has 0 radical (unpaired) electrons. The molecule has 3 aliphatic carbocycles. The van der Waals surface area contributed by atoms with Gasteiger partial charge in [0, 0.05) is 6.42 Å². The molecule has 1 heterocycles. The second-order valence-corrected chi connectivity index (χ2v) is 9.94. The number of carbonyl (C=O) groups excluding carboxylic acids is 1. The van der Waals surface area contributed by atoms with Gasteiger partial charge in [0.1, 0.15) is 5.60 Å². The zero-order valence-electron chi connectivity index (χ0n) is 16.8. The fourth-order valence-corrected chi connectivity index (χ4v) is 6.77. The van der Waals surface area contributed by atoms with Crippen LogP contribution in [0.2, 0.25) is 0 Å². The lowest BCUT2D eigenvalue weighted by Gasteiger charge is -2.57. The van der Waals surface area contributed by atoms with E-state index >= 15 is 0 Å². The van der Waals surface area contributed by atoms with Gasteiger partial charge in [-0.05, 0) is 81.6 Å². The Balaban J connectivity index is 1.73. The Morgan fingerprint density at radius 3 is 2.48 bits per heavy atom. The molecule has 2 saturated carbocycles. The van der Waals surface area contributed by atoms with E-state index in [0.717, 1.165) is 37.7 Å². The molecular weight excluding hydrogens is 312 g/mol. The van der Waals surface area contributed by atoms with Crippen molar-refractivity contribution in [1.29, 1.82) is 0 Å². The molecule has 0 aromatic carbocycles. The summed E-state index contributed by atoms with van der Waals surface area (Å²) >= 11 is 0. The van der Waals surface area contributed by atoms with Crippen molar-refractivity contribution in [3.05, 3.63) is 11.1 Å². The lowest BCUT2D eigenvalue weighted by molar-refractivity contribution is -0.172. The van der Waals surface area contributed by atoms with Crippen molar-refractivity contribution >= 4 is 5.78 Å². The SMILES string of the molecule is CC1=C2CCC3[C@H](CC[C@@]4(C(C)C)OC(C)(C)O[C@@H]34)[C@@]2(C)CCC1=O. The predicted octanol–water partition coefficient (Wildman–Crippen LogP) is 5.04. The van der Waals surface area contributed by atoms with Crippen molar-refractivity contribution in [2.75, 3.05) is 0 Å². The van der Waals surface area contributed by atoms with Crippen LogP contribution < -0.4 is 0 Å². The van der Waals surface area contributed by atoms with Gasteiger partial charge in [-0.2, -0.15) is 0 Å². The molecule has 0 bridgehead atoms. The molecule has 1 saturated heterocycles. The average Bonchev–Trinajstić information content (AvgIpc) is 2.83. The number of fused-ring (bicyclic) bond motifs is 5. The maximum atomic E-state index is 12.3. The molecule has 4 aliphatic rings. The molecule has 0 N–H and O–H groups in total. The summed E-state index contributed by atoms with van der Waals surface area (Å²) in [6.07, 6.45) is 6.40. The third-order valence-corrected chi connectivity index (χ3v) is 8.04. The molecule has 1 unspecified atom stereocenters. The van der Waals surface area contributed by atoms with Crippen LogP contribution in [0.25, 0.3) is 0 Å². The summed E-state index contributed by atoms with van der Waals surface area (Å²) in [6.45, 7) is 13.2. The Bertz CT molecular complexity index is 631. The zero-order valence-corrected chi connectivity index (χ0v) is 16.8. The van der Waals surface area contributed by atoms with E-state index in [1.54, 1.807) is 0 Å². The molecule has 140 valence electrons. The summed E-state index contributed by atoms with van der Waals surface area (Å²) < 4.78 is 13.1. The first-order valence-electron chi connectivity index (χ1n) is 10.2. The molecule has 25 heavy (non-hydrogen) atoms. The number of ether oxygens (including phenoxy) is 2. The molecule has 0 aromatic rings. The fourth-order valence-electron chi connectivity index (χ4n) is 6.77. The molecule has 3 nitrogen and oxygen atoms in total. The monoisotopic (exact) mass is 346 g/mol. The molecule has 3 heteroatoms. The Labute approximate surface area is 152 Å². The van der Waals surface area contributed by atoms with Crippen LogP contribution in [0, 0.1) is 23.2 Å². The number of allylic oxidation sites excluding steroid dienone is 2. The summed E-state index contributed by atoms with van der Waals surface area (Å²) in [5.74, 6) is 1.51. The van der Waals surface area contributed by atoms with Crippen LogP contribution in [-0.2, 0) is 14.3 Å². The largest absolute Gasteiger partial charge is 0.344 e. The Kier molecular flexibility index (Phi) is 3.84. The van der Waals surface area contributed by atoms with Gasteiger partial charge in [-0.25, -0.2) is 0 Å². The smallest absolute Gasteiger partial charge is 0.164 e. The highest BCUT2D eigenvalue weighted by atomic mass is 16.8. The first-order chi connectivity index (χ1) is 11.6. The lowest BCUT2D eigenvalue weighted by atomic mass is 9.49. The van der Waals surface area contributed by atoms with Gasteiger partial charge >= 0.3 is 0 Å². The molecule has 4 rings (SSSR count). The average molecular weight is 347 g/mol. The van der Waals surface area contributed by atoms with Crippen LogP contribution in [0.4, 0.5) is 0 Å². The Morgan fingerprint density at radius 1 is 1.08 bits per heavy atom. The molecule has 5 atom stereocenters. The summed E-state index contributed by atoms with van der Waals surface area (Å²) in [7, 11) is 0. The number of Topliss-reactive ketones (excluding diaryl/α,β-unsaturated/α-hetero) is 1. The van der Waals surface area contributed by atoms with E-state index in [9.17, 15) is 4.79 Å². The Hall–Kier alpha value is -0.670. The molecule has 3 fully saturated rings. The second-order valence-electron chi connectivity index (χ2n) is 9.94. The van der Waals surface area contributed by atoms with Crippen LogP contribution in [0.5, 0.6) is 0 Å². The fraction of sp³-hybridized carbons (Fsp3) is 0.864. The standard InChI is InChI=1S/C22H34O3/c1-13(2)22-12-9-17-15(19(22)24-20(4,5)25-22)7-8-16-14(3)18(23)10-11-21(16,17)6/h13,15,17,19H,7-12H2,1-6H3/t15?,17-,19-,21-,22-/m0/s1. The maximum Gasteiger partial charge on any atom is 0.164 e. The minimum atomic E-state index is -0.487. The molecule has 0 spiro atoms. The first kappa shape index (κ1) is 17.7. The summed E-state index contributed by atoms with van der Waals surface area (Å²) in [6, 6.07) is 0. The van der Waals surface area contributed by atoms with Gasteiger partial charge in [-0.15, -0.1) is 0 Å². The highest BCUT2D eigenvalue weighted by Crippen LogP contribution is 2.63. The zero-order chi connectivity index (χ0) is 18.2. The van der Waals surface area contributed by atoms with Crippen molar-refractivity contribution in [3.63, 3.8) is 0 Å². The van der Waals surface area contributed by atoms with Crippen LogP contribution in [0.15, 0.2) is 11.1 Å². The third-order valence-electron chi connectivity index (χ3n) is 8.04. The minimum Gasteiger partial charge on any atom is -0.344 e. The van der Waals surface area contributed by atoms with Crippen LogP contribution in [0.3, 0.4) is 0 Å². The highest BCUT2D eigenvalue weighted by Gasteiger charge is 2.64. The van der Waals surface area contributed by atoms with E-state index in [1.807, 2.05) is 0 Å².